The molecule has 150 valence electrons. The number of carboxylic acids is 1. The molecule has 0 aromatic heterocycles. The molecule has 0 aliphatic heterocycles. The first-order valence-corrected chi connectivity index (χ1v) is 9.64. The van der Waals surface area contributed by atoms with Crippen molar-refractivity contribution in [3.63, 3.8) is 0 Å². The van der Waals surface area contributed by atoms with Gasteiger partial charge in [0.25, 0.3) is 0 Å². The quantitative estimate of drug-likeness (QED) is 0.278. The molecule has 0 aliphatic rings. The Labute approximate surface area is 161 Å². The molecular formula is C17H25N3O6S. The number of aliphatic hydroxyl groups is 1. The maximum Gasteiger partial charge on any atom is 0.328 e. The smallest absolute Gasteiger partial charge is 0.328 e. The third-order valence-corrected chi connectivity index (χ3v) is 4.41. The number of aliphatic hydroxyl groups excluding tert-OH is 1. The van der Waals surface area contributed by atoms with Gasteiger partial charge in [0.1, 0.15) is 17.8 Å². The van der Waals surface area contributed by atoms with Crippen LogP contribution in [0.1, 0.15) is 12.0 Å². The Morgan fingerprint density at radius 3 is 2.22 bits per heavy atom. The van der Waals surface area contributed by atoms with Gasteiger partial charge >= 0.3 is 5.97 Å². The second-order valence-corrected chi connectivity index (χ2v) is 6.89. The third-order valence-electron chi connectivity index (χ3n) is 3.77. The Morgan fingerprint density at radius 1 is 1.11 bits per heavy atom. The van der Waals surface area contributed by atoms with E-state index in [1.54, 1.807) is 12.1 Å². The fourth-order valence-electron chi connectivity index (χ4n) is 2.22. The van der Waals surface area contributed by atoms with Crippen molar-refractivity contribution in [2.24, 2.45) is 5.73 Å². The molecule has 10 heteroatoms. The van der Waals surface area contributed by atoms with Crippen molar-refractivity contribution in [2.75, 3.05) is 18.6 Å². The highest BCUT2D eigenvalue weighted by Crippen LogP contribution is 2.11. The van der Waals surface area contributed by atoms with Crippen LogP contribution in [0.3, 0.4) is 0 Å². The summed E-state index contributed by atoms with van der Waals surface area (Å²) in [5.41, 5.74) is 6.64. The summed E-state index contributed by atoms with van der Waals surface area (Å²) in [6, 6.07) is 2.90. The highest BCUT2D eigenvalue weighted by molar-refractivity contribution is 7.98. The Balaban J connectivity index is 2.72. The van der Waals surface area contributed by atoms with Crippen LogP contribution in [0.4, 0.5) is 0 Å². The van der Waals surface area contributed by atoms with Crippen molar-refractivity contribution in [3.05, 3.63) is 29.8 Å². The van der Waals surface area contributed by atoms with Crippen molar-refractivity contribution in [3.8, 4) is 5.75 Å². The van der Waals surface area contributed by atoms with E-state index >= 15 is 0 Å². The molecule has 9 nitrogen and oxygen atoms in total. The summed E-state index contributed by atoms with van der Waals surface area (Å²) in [5, 5.41) is 32.0. The number of phenols is 1. The van der Waals surface area contributed by atoms with Gasteiger partial charge in [-0.1, -0.05) is 12.1 Å². The van der Waals surface area contributed by atoms with Crippen LogP contribution in [0.15, 0.2) is 24.3 Å². The molecule has 3 unspecified atom stereocenters. The van der Waals surface area contributed by atoms with Crippen molar-refractivity contribution < 1.29 is 29.7 Å². The van der Waals surface area contributed by atoms with Gasteiger partial charge in [-0.2, -0.15) is 11.8 Å². The van der Waals surface area contributed by atoms with Gasteiger partial charge in [0.15, 0.2) is 0 Å². The molecule has 7 N–H and O–H groups in total. The first kappa shape index (κ1) is 22.7. The molecule has 2 amide bonds. The third kappa shape index (κ3) is 7.85. The predicted molar refractivity (Wildman–Crippen MR) is 101 cm³/mol. The van der Waals surface area contributed by atoms with E-state index in [4.69, 9.17) is 15.9 Å². The number of nitrogens with two attached hydrogens (primary N) is 1. The fraction of sp³-hybridized carbons (Fsp3) is 0.471. The lowest BCUT2D eigenvalue weighted by atomic mass is 10.0. The van der Waals surface area contributed by atoms with E-state index in [2.05, 4.69) is 10.6 Å². The van der Waals surface area contributed by atoms with Gasteiger partial charge in [-0.25, -0.2) is 4.79 Å². The van der Waals surface area contributed by atoms with E-state index in [1.807, 2.05) is 6.26 Å². The zero-order valence-electron chi connectivity index (χ0n) is 14.9. The number of rotatable bonds is 11. The molecule has 3 atom stereocenters. The van der Waals surface area contributed by atoms with E-state index in [9.17, 15) is 19.5 Å². The number of amides is 2. The Hall–Kier alpha value is -2.30. The minimum atomic E-state index is -1.45. The topological polar surface area (TPSA) is 162 Å². The molecule has 1 aromatic rings. The first-order valence-electron chi connectivity index (χ1n) is 8.25. The lowest BCUT2D eigenvalue weighted by Gasteiger charge is -2.22. The first-order chi connectivity index (χ1) is 12.8. The number of phenolic OH excluding ortho intramolecular Hbond substituents is 1. The summed E-state index contributed by atoms with van der Waals surface area (Å²) < 4.78 is 0. The van der Waals surface area contributed by atoms with Crippen LogP contribution in [0.5, 0.6) is 5.75 Å². The van der Waals surface area contributed by atoms with Gasteiger partial charge in [0, 0.05) is 0 Å². The number of hydrogen-bond acceptors (Lipinski definition) is 7. The highest BCUT2D eigenvalue weighted by atomic mass is 32.2. The largest absolute Gasteiger partial charge is 0.508 e. The molecule has 0 fully saturated rings. The number of benzene rings is 1. The van der Waals surface area contributed by atoms with E-state index in [1.165, 1.54) is 23.9 Å². The van der Waals surface area contributed by atoms with Crippen molar-refractivity contribution in [1.29, 1.82) is 0 Å². The highest BCUT2D eigenvalue weighted by Gasteiger charge is 2.27. The average Bonchev–Trinajstić information content (AvgIpc) is 2.64. The minimum Gasteiger partial charge on any atom is -0.508 e. The molecule has 0 saturated heterocycles. The van der Waals surface area contributed by atoms with E-state index < -0.39 is 42.5 Å². The normalized spacial score (nSPS) is 14.0. The van der Waals surface area contributed by atoms with Crippen LogP contribution in [-0.4, -0.2) is 69.8 Å². The maximum atomic E-state index is 12.3. The van der Waals surface area contributed by atoms with Crippen LogP contribution in [0.25, 0.3) is 0 Å². The van der Waals surface area contributed by atoms with Crippen LogP contribution >= 0.6 is 11.8 Å². The Bertz CT molecular complexity index is 640. The predicted octanol–water partition coefficient (Wildman–Crippen LogP) is -0.938. The average molecular weight is 399 g/mol. The standard InChI is InChI=1S/C17H25N3O6S/c1-27-7-6-13(16(24)20-14(9-21)17(25)26)19-15(23)12(18)8-10-2-4-11(22)5-3-10/h2-5,12-14,21-22H,6-9,18H2,1H3,(H,19,23)(H,20,24)(H,25,26). The number of thioether (sulfide) groups is 1. The van der Waals surface area contributed by atoms with Crippen molar-refractivity contribution in [1.82, 2.24) is 10.6 Å². The lowest BCUT2D eigenvalue weighted by Crippen LogP contribution is -2.55. The van der Waals surface area contributed by atoms with Gasteiger partial charge in [-0.05, 0) is 42.5 Å². The van der Waals surface area contributed by atoms with Gasteiger partial charge in [0.05, 0.1) is 12.6 Å². The lowest BCUT2D eigenvalue weighted by molar-refractivity contribution is -0.143. The van der Waals surface area contributed by atoms with Crippen molar-refractivity contribution in [2.45, 2.75) is 31.0 Å². The van der Waals surface area contributed by atoms with Crippen molar-refractivity contribution >= 4 is 29.5 Å². The monoisotopic (exact) mass is 399 g/mol. The summed E-state index contributed by atoms with van der Waals surface area (Å²) in [6.07, 6.45) is 2.32. The number of nitrogens with one attached hydrogen (secondary N) is 2. The van der Waals surface area contributed by atoms with Gasteiger partial charge in [0.2, 0.25) is 11.8 Å². The summed E-state index contributed by atoms with van der Waals surface area (Å²) >= 11 is 1.47. The van der Waals surface area contributed by atoms with Gasteiger partial charge in [-0.15, -0.1) is 0 Å². The van der Waals surface area contributed by atoms with Gasteiger partial charge < -0.3 is 31.7 Å². The summed E-state index contributed by atoms with van der Waals surface area (Å²) in [4.78, 5) is 35.6. The van der Waals surface area contributed by atoms with Gasteiger partial charge in [-0.3, -0.25) is 9.59 Å². The van der Waals surface area contributed by atoms with Crippen LogP contribution in [0, 0.1) is 0 Å². The number of aromatic hydroxyl groups is 1. The number of carboxylic acid groups (broad SMARTS) is 1. The molecule has 1 aromatic carbocycles. The maximum absolute atomic E-state index is 12.3. The second-order valence-electron chi connectivity index (χ2n) is 5.90. The Kier molecular flexibility index (Phi) is 9.62. The molecule has 0 bridgehead atoms. The van der Waals surface area contributed by atoms with Crippen LogP contribution in [-0.2, 0) is 20.8 Å². The molecule has 0 radical (unpaired) electrons. The number of aliphatic carboxylic acids is 1. The molecule has 1 rings (SSSR count). The van der Waals surface area contributed by atoms with E-state index in [0.29, 0.717) is 5.75 Å². The molecule has 0 saturated carbocycles. The molecule has 0 spiro atoms. The van der Waals surface area contributed by atoms with E-state index in [-0.39, 0.29) is 18.6 Å². The van der Waals surface area contributed by atoms with Crippen LogP contribution < -0.4 is 16.4 Å². The van der Waals surface area contributed by atoms with Crippen LogP contribution in [0.2, 0.25) is 0 Å². The zero-order chi connectivity index (χ0) is 20.4. The molecule has 0 aliphatic carbocycles. The summed E-state index contributed by atoms with van der Waals surface area (Å²) in [6.45, 7) is -0.759. The summed E-state index contributed by atoms with van der Waals surface area (Å²) in [5.74, 6) is -1.97. The fourth-order valence-corrected chi connectivity index (χ4v) is 2.69. The number of carbonyl (C=O) groups is 3. The zero-order valence-corrected chi connectivity index (χ0v) is 15.7. The molecular weight excluding hydrogens is 374 g/mol. The molecule has 27 heavy (non-hydrogen) atoms. The summed E-state index contributed by atoms with van der Waals surface area (Å²) in [7, 11) is 0. The number of hydrogen-bond donors (Lipinski definition) is 6. The minimum absolute atomic E-state index is 0.0995. The van der Waals surface area contributed by atoms with E-state index in [0.717, 1.165) is 5.56 Å². The molecule has 0 heterocycles. The SMILES string of the molecule is CSCCC(NC(=O)C(N)Cc1ccc(O)cc1)C(=O)NC(CO)C(=O)O. The Morgan fingerprint density at radius 2 is 1.70 bits per heavy atom. The number of carbonyl (C=O) groups excluding carboxylic acids is 2. The second kappa shape index (κ2) is 11.4.